The molecule has 20 heavy (non-hydrogen) atoms. The van der Waals surface area contributed by atoms with Crippen LogP contribution in [0.15, 0.2) is 0 Å². The highest BCUT2D eigenvalue weighted by molar-refractivity contribution is 5.83. The van der Waals surface area contributed by atoms with Crippen molar-refractivity contribution in [3.8, 4) is 0 Å². The van der Waals surface area contributed by atoms with Crippen LogP contribution in [0.4, 0.5) is 4.79 Å². The van der Waals surface area contributed by atoms with Crippen molar-refractivity contribution in [3.63, 3.8) is 0 Å². The number of nitrogens with one attached hydrogen (secondary N) is 1. The van der Waals surface area contributed by atoms with Crippen molar-refractivity contribution in [3.05, 3.63) is 0 Å². The molecule has 5 nitrogen and oxygen atoms in total. The van der Waals surface area contributed by atoms with Gasteiger partial charge in [-0.2, -0.15) is 0 Å². The average molecular weight is 284 g/mol. The van der Waals surface area contributed by atoms with Crippen molar-refractivity contribution in [2.45, 2.75) is 71.4 Å². The highest BCUT2D eigenvalue weighted by Crippen LogP contribution is 2.25. The standard InChI is InChI=1S/C15H28N2O3/c1-4-7-12(6-3)16-15(20)17-9-8-11(5-2)10-13(17)14(18)19/h11-13H,4-10H2,1-3H3,(H,16,20)(H,18,19). The Labute approximate surface area is 121 Å². The van der Waals surface area contributed by atoms with Crippen LogP contribution in [0.25, 0.3) is 0 Å². The number of nitrogens with zero attached hydrogens (tertiary/aromatic N) is 1. The highest BCUT2D eigenvalue weighted by Gasteiger charge is 2.35. The number of amides is 2. The third kappa shape index (κ3) is 4.39. The summed E-state index contributed by atoms with van der Waals surface area (Å²) in [5.74, 6) is -0.473. The van der Waals surface area contributed by atoms with Gasteiger partial charge in [-0.1, -0.05) is 33.6 Å². The van der Waals surface area contributed by atoms with E-state index in [9.17, 15) is 14.7 Å². The first-order valence-corrected chi connectivity index (χ1v) is 7.83. The number of hydrogen-bond donors (Lipinski definition) is 2. The van der Waals surface area contributed by atoms with Crippen molar-refractivity contribution in [2.24, 2.45) is 5.92 Å². The molecule has 0 aromatic rings. The average Bonchev–Trinajstić information content (AvgIpc) is 2.45. The number of rotatable bonds is 6. The zero-order valence-corrected chi connectivity index (χ0v) is 12.9. The minimum absolute atomic E-state index is 0.144. The molecule has 5 heteroatoms. The SMILES string of the molecule is CCCC(CC)NC(=O)N1CCC(CC)CC1C(=O)O. The molecule has 1 aliphatic rings. The van der Waals surface area contributed by atoms with Crippen LogP contribution in [0.5, 0.6) is 0 Å². The summed E-state index contributed by atoms with van der Waals surface area (Å²) >= 11 is 0. The van der Waals surface area contributed by atoms with Crippen LogP contribution in [0.2, 0.25) is 0 Å². The topological polar surface area (TPSA) is 69.6 Å². The molecule has 3 unspecified atom stereocenters. The van der Waals surface area contributed by atoms with Gasteiger partial charge in [0.25, 0.3) is 0 Å². The molecule has 116 valence electrons. The molecular weight excluding hydrogens is 256 g/mol. The van der Waals surface area contributed by atoms with E-state index in [0.717, 1.165) is 32.1 Å². The van der Waals surface area contributed by atoms with Gasteiger partial charge in [-0.05, 0) is 31.6 Å². The van der Waals surface area contributed by atoms with Gasteiger partial charge in [0.2, 0.25) is 0 Å². The Morgan fingerprint density at radius 1 is 1.35 bits per heavy atom. The third-order valence-electron chi connectivity index (χ3n) is 4.29. The summed E-state index contributed by atoms with van der Waals surface area (Å²) in [6, 6.07) is -0.745. The minimum Gasteiger partial charge on any atom is -0.480 e. The number of piperidine rings is 1. The molecule has 0 aromatic carbocycles. The predicted molar refractivity (Wildman–Crippen MR) is 78.7 cm³/mol. The van der Waals surface area contributed by atoms with E-state index in [1.165, 1.54) is 4.90 Å². The number of carbonyl (C=O) groups excluding carboxylic acids is 1. The van der Waals surface area contributed by atoms with E-state index in [4.69, 9.17) is 0 Å². The second kappa shape index (κ2) is 8.12. The molecular formula is C15H28N2O3. The van der Waals surface area contributed by atoms with E-state index < -0.39 is 12.0 Å². The summed E-state index contributed by atoms with van der Waals surface area (Å²) in [6.07, 6.45) is 5.28. The van der Waals surface area contributed by atoms with E-state index in [1.54, 1.807) is 0 Å². The second-order valence-electron chi connectivity index (χ2n) is 5.69. The first kappa shape index (κ1) is 16.8. The lowest BCUT2D eigenvalue weighted by atomic mass is 9.89. The molecule has 1 heterocycles. The Balaban J connectivity index is 2.67. The van der Waals surface area contributed by atoms with Gasteiger partial charge in [0.1, 0.15) is 6.04 Å². The first-order chi connectivity index (χ1) is 9.53. The molecule has 2 amide bonds. The predicted octanol–water partition coefficient (Wildman–Crippen LogP) is 2.85. The number of hydrogen-bond acceptors (Lipinski definition) is 2. The van der Waals surface area contributed by atoms with Gasteiger partial charge in [-0.25, -0.2) is 9.59 Å². The van der Waals surface area contributed by atoms with Crippen LogP contribution < -0.4 is 5.32 Å². The molecule has 0 radical (unpaired) electrons. The summed E-state index contributed by atoms with van der Waals surface area (Å²) in [5.41, 5.74) is 0. The fourth-order valence-electron chi connectivity index (χ4n) is 2.87. The lowest BCUT2D eigenvalue weighted by Crippen LogP contribution is -2.55. The maximum absolute atomic E-state index is 12.3. The molecule has 1 fully saturated rings. The van der Waals surface area contributed by atoms with Gasteiger partial charge in [-0.3, -0.25) is 0 Å². The second-order valence-corrected chi connectivity index (χ2v) is 5.69. The molecule has 0 spiro atoms. The Hall–Kier alpha value is -1.26. The Bertz CT molecular complexity index is 333. The summed E-state index contributed by atoms with van der Waals surface area (Å²) in [6.45, 7) is 6.75. The number of urea groups is 1. The van der Waals surface area contributed by atoms with Crippen molar-refractivity contribution in [2.75, 3.05) is 6.54 Å². The van der Waals surface area contributed by atoms with Gasteiger partial charge in [0.05, 0.1) is 0 Å². The van der Waals surface area contributed by atoms with Crippen molar-refractivity contribution < 1.29 is 14.7 Å². The Morgan fingerprint density at radius 2 is 2.05 bits per heavy atom. The van der Waals surface area contributed by atoms with Gasteiger partial charge in [0.15, 0.2) is 0 Å². The lowest BCUT2D eigenvalue weighted by Gasteiger charge is -2.37. The van der Waals surface area contributed by atoms with Gasteiger partial charge < -0.3 is 15.3 Å². The summed E-state index contributed by atoms with van der Waals surface area (Å²) in [5, 5.41) is 12.3. The number of carbonyl (C=O) groups is 2. The molecule has 0 aliphatic carbocycles. The largest absolute Gasteiger partial charge is 0.480 e. The maximum atomic E-state index is 12.3. The molecule has 1 saturated heterocycles. The highest BCUT2D eigenvalue weighted by atomic mass is 16.4. The normalized spacial score (nSPS) is 24.2. The molecule has 0 bridgehead atoms. The zero-order chi connectivity index (χ0) is 15.1. The van der Waals surface area contributed by atoms with Crippen molar-refractivity contribution in [1.29, 1.82) is 0 Å². The van der Waals surface area contributed by atoms with E-state index in [1.807, 2.05) is 6.92 Å². The number of carboxylic acids is 1. The van der Waals surface area contributed by atoms with E-state index in [0.29, 0.717) is 18.9 Å². The summed E-state index contributed by atoms with van der Waals surface area (Å²) < 4.78 is 0. The minimum atomic E-state index is -0.887. The van der Waals surface area contributed by atoms with Crippen LogP contribution >= 0.6 is 0 Å². The van der Waals surface area contributed by atoms with E-state index >= 15 is 0 Å². The van der Waals surface area contributed by atoms with Crippen LogP contribution in [0.1, 0.15) is 59.3 Å². The smallest absolute Gasteiger partial charge is 0.326 e. The molecule has 3 atom stereocenters. The van der Waals surface area contributed by atoms with Gasteiger partial charge in [-0.15, -0.1) is 0 Å². The van der Waals surface area contributed by atoms with E-state index in [2.05, 4.69) is 19.2 Å². The molecule has 1 rings (SSSR count). The monoisotopic (exact) mass is 284 g/mol. The first-order valence-electron chi connectivity index (χ1n) is 7.83. The van der Waals surface area contributed by atoms with Gasteiger partial charge in [0, 0.05) is 12.6 Å². The number of carboxylic acid groups (broad SMARTS) is 1. The van der Waals surface area contributed by atoms with Crippen LogP contribution in [-0.2, 0) is 4.79 Å². The summed E-state index contributed by atoms with van der Waals surface area (Å²) in [4.78, 5) is 25.2. The fraction of sp³-hybridized carbons (Fsp3) is 0.867. The maximum Gasteiger partial charge on any atom is 0.326 e. The van der Waals surface area contributed by atoms with Crippen LogP contribution in [0.3, 0.4) is 0 Å². The van der Waals surface area contributed by atoms with Crippen LogP contribution in [-0.4, -0.2) is 40.6 Å². The molecule has 1 aliphatic heterocycles. The molecule has 2 N–H and O–H groups in total. The lowest BCUT2D eigenvalue weighted by molar-refractivity contribution is -0.144. The Kier molecular flexibility index (Phi) is 6.82. The summed E-state index contributed by atoms with van der Waals surface area (Å²) in [7, 11) is 0. The third-order valence-corrected chi connectivity index (χ3v) is 4.29. The zero-order valence-electron chi connectivity index (χ0n) is 12.9. The molecule has 0 saturated carbocycles. The molecule has 0 aromatic heterocycles. The van der Waals surface area contributed by atoms with Gasteiger partial charge >= 0.3 is 12.0 Å². The quantitative estimate of drug-likeness (QED) is 0.788. The van der Waals surface area contributed by atoms with E-state index in [-0.39, 0.29) is 12.1 Å². The fourth-order valence-corrected chi connectivity index (χ4v) is 2.87. The van der Waals surface area contributed by atoms with Crippen molar-refractivity contribution >= 4 is 12.0 Å². The Morgan fingerprint density at radius 3 is 2.55 bits per heavy atom. The van der Waals surface area contributed by atoms with Crippen molar-refractivity contribution in [1.82, 2.24) is 10.2 Å². The van der Waals surface area contributed by atoms with Crippen LogP contribution in [0, 0.1) is 5.92 Å². The number of aliphatic carboxylic acids is 1. The number of likely N-dealkylation sites (tertiary alicyclic amines) is 1.